The molecule has 0 saturated heterocycles. The third-order valence-electron chi connectivity index (χ3n) is 3.96. The Hall–Kier alpha value is -3.84. The van der Waals surface area contributed by atoms with Crippen LogP contribution in [0, 0.1) is 11.3 Å². The number of nitriles is 1. The number of benzene rings is 3. The van der Waals surface area contributed by atoms with Crippen LogP contribution >= 0.6 is 0 Å². The molecule has 0 aliphatic carbocycles. The number of aromatic nitrogens is 1. The fourth-order valence-electron chi connectivity index (χ4n) is 2.77. The van der Waals surface area contributed by atoms with Gasteiger partial charge in [-0.3, -0.25) is 0 Å². The van der Waals surface area contributed by atoms with E-state index in [1.54, 1.807) is 11.1 Å². The lowest BCUT2D eigenvalue weighted by Crippen LogP contribution is -2.22. The lowest BCUT2D eigenvalue weighted by atomic mass is 10.1. The average molecular weight is 337 g/mol. The summed E-state index contributed by atoms with van der Waals surface area (Å²) in [5.74, 6) is 0.704. The summed E-state index contributed by atoms with van der Waals surface area (Å²) in [6.45, 7) is 0. The summed E-state index contributed by atoms with van der Waals surface area (Å²) in [5, 5.41) is 12.0. The van der Waals surface area contributed by atoms with Crippen molar-refractivity contribution in [3.8, 4) is 11.8 Å². The van der Waals surface area contributed by atoms with E-state index in [-0.39, 0.29) is 0 Å². The monoisotopic (exact) mass is 337 g/mol. The van der Waals surface area contributed by atoms with E-state index in [1.165, 1.54) is 0 Å². The van der Waals surface area contributed by atoms with Crippen LogP contribution in [0.1, 0.15) is 5.69 Å². The first-order valence-corrected chi connectivity index (χ1v) is 8.23. The first-order chi connectivity index (χ1) is 12.8. The molecule has 4 rings (SSSR count). The van der Waals surface area contributed by atoms with Crippen LogP contribution in [-0.4, -0.2) is 4.98 Å². The minimum absolute atomic E-state index is 0.344. The molecule has 4 heteroatoms. The molecule has 124 valence electrons. The van der Waals surface area contributed by atoms with Crippen molar-refractivity contribution in [3.63, 3.8) is 0 Å². The maximum absolute atomic E-state index is 9.39. The minimum Gasteiger partial charge on any atom is -0.375 e. The molecule has 0 N–H and O–H groups in total. The van der Waals surface area contributed by atoms with Gasteiger partial charge < -0.3 is 4.84 Å². The van der Waals surface area contributed by atoms with Gasteiger partial charge >= 0.3 is 0 Å². The van der Waals surface area contributed by atoms with Gasteiger partial charge in [0.25, 0.3) is 0 Å². The zero-order chi connectivity index (χ0) is 17.8. The summed E-state index contributed by atoms with van der Waals surface area (Å²) in [7, 11) is 0. The van der Waals surface area contributed by atoms with Gasteiger partial charge in [0.2, 0.25) is 0 Å². The van der Waals surface area contributed by atoms with E-state index in [0.29, 0.717) is 11.4 Å². The highest BCUT2D eigenvalue weighted by Gasteiger charge is 2.17. The second kappa shape index (κ2) is 6.96. The maximum atomic E-state index is 9.39. The summed E-state index contributed by atoms with van der Waals surface area (Å²) in [4.78, 5) is 10.6. The number of fused-ring (bicyclic) bond motifs is 1. The minimum atomic E-state index is 0.344. The molecule has 0 radical (unpaired) electrons. The highest BCUT2D eigenvalue weighted by Crippen LogP contribution is 2.33. The topological polar surface area (TPSA) is 49.2 Å². The van der Waals surface area contributed by atoms with Crippen LogP contribution in [0.15, 0.2) is 91.0 Å². The molecule has 1 heterocycles. The molecule has 0 fully saturated rings. The van der Waals surface area contributed by atoms with E-state index >= 15 is 0 Å². The first kappa shape index (κ1) is 15.7. The second-order valence-corrected chi connectivity index (χ2v) is 5.69. The molecular formula is C22H15N3O. The number of anilines is 2. The Morgan fingerprint density at radius 3 is 2.19 bits per heavy atom. The molecular weight excluding hydrogens is 322 g/mol. The van der Waals surface area contributed by atoms with Crippen molar-refractivity contribution in [2.24, 2.45) is 0 Å². The predicted octanol–water partition coefficient (Wildman–Crippen LogP) is 5.24. The molecule has 3 aromatic carbocycles. The molecule has 0 aliphatic rings. The molecule has 0 bridgehead atoms. The molecule has 0 unspecified atom stereocenters. The SMILES string of the molecule is N#Cc1cc(N(Oc2ccccc2)c2ccccc2)c2ccccc2n1. The van der Waals surface area contributed by atoms with E-state index in [2.05, 4.69) is 11.1 Å². The van der Waals surface area contributed by atoms with Gasteiger partial charge in [0.1, 0.15) is 11.8 Å². The van der Waals surface area contributed by atoms with Crippen molar-refractivity contribution in [2.75, 3.05) is 5.06 Å². The van der Waals surface area contributed by atoms with Gasteiger partial charge in [0.05, 0.1) is 16.9 Å². The van der Waals surface area contributed by atoms with E-state index in [0.717, 1.165) is 22.3 Å². The van der Waals surface area contributed by atoms with Crippen molar-refractivity contribution in [1.82, 2.24) is 4.98 Å². The Kier molecular flexibility index (Phi) is 4.19. The molecule has 0 amide bonds. The maximum Gasteiger partial charge on any atom is 0.155 e. The molecule has 0 saturated carbocycles. The van der Waals surface area contributed by atoms with Gasteiger partial charge in [-0.15, -0.1) is 0 Å². The van der Waals surface area contributed by atoms with Crippen LogP contribution in [0.2, 0.25) is 0 Å². The van der Waals surface area contributed by atoms with E-state index in [9.17, 15) is 5.26 Å². The van der Waals surface area contributed by atoms with Gasteiger partial charge in [-0.05, 0) is 30.3 Å². The summed E-state index contributed by atoms with van der Waals surface area (Å²) >= 11 is 0. The highest BCUT2D eigenvalue weighted by molar-refractivity contribution is 5.93. The summed E-state index contributed by atoms with van der Waals surface area (Å²) in [5.41, 5.74) is 2.72. The van der Waals surface area contributed by atoms with Crippen LogP contribution in [0.4, 0.5) is 11.4 Å². The number of nitrogens with zero attached hydrogens (tertiary/aromatic N) is 3. The molecule has 26 heavy (non-hydrogen) atoms. The number of rotatable bonds is 4. The van der Waals surface area contributed by atoms with Crippen molar-refractivity contribution < 1.29 is 4.84 Å². The van der Waals surface area contributed by atoms with E-state index < -0.39 is 0 Å². The Morgan fingerprint density at radius 1 is 0.808 bits per heavy atom. The van der Waals surface area contributed by atoms with Gasteiger partial charge in [-0.25, -0.2) is 4.98 Å². The normalized spacial score (nSPS) is 10.3. The van der Waals surface area contributed by atoms with Crippen LogP contribution in [-0.2, 0) is 0 Å². The highest BCUT2D eigenvalue weighted by atomic mass is 16.7. The van der Waals surface area contributed by atoms with Crippen molar-refractivity contribution in [1.29, 1.82) is 5.26 Å². The van der Waals surface area contributed by atoms with Crippen LogP contribution < -0.4 is 9.90 Å². The molecule has 4 aromatic rings. The molecule has 4 nitrogen and oxygen atoms in total. The smallest absolute Gasteiger partial charge is 0.155 e. The summed E-state index contributed by atoms with van der Waals surface area (Å²) in [6.07, 6.45) is 0. The number of hydrogen-bond donors (Lipinski definition) is 0. The van der Waals surface area contributed by atoms with Gasteiger partial charge in [0.15, 0.2) is 5.75 Å². The lowest BCUT2D eigenvalue weighted by molar-refractivity contribution is 0.325. The third kappa shape index (κ3) is 3.06. The summed E-state index contributed by atoms with van der Waals surface area (Å²) < 4.78 is 0. The lowest BCUT2D eigenvalue weighted by Gasteiger charge is -2.25. The molecule has 0 spiro atoms. The van der Waals surface area contributed by atoms with Crippen LogP contribution in [0.25, 0.3) is 10.9 Å². The first-order valence-electron chi connectivity index (χ1n) is 8.23. The number of pyridine rings is 1. The Balaban J connectivity index is 1.92. The molecule has 0 aliphatic heterocycles. The van der Waals surface area contributed by atoms with Crippen LogP contribution in [0.5, 0.6) is 5.75 Å². The average Bonchev–Trinajstić information content (AvgIpc) is 2.72. The van der Waals surface area contributed by atoms with E-state index in [4.69, 9.17) is 4.84 Å². The van der Waals surface area contributed by atoms with Crippen molar-refractivity contribution >= 4 is 22.3 Å². The second-order valence-electron chi connectivity index (χ2n) is 5.69. The Labute approximate surface area is 151 Å². The van der Waals surface area contributed by atoms with Crippen molar-refractivity contribution in [2.45, 2.75) is 0 Å². The zero-order valence-electron chi connectivity index (χ0n) is 13.9. The fourth-order valence-corrected chi connectivity index (χ4v) is 2.77. The zero-order valence-corrected chi connectivity index (χ0v) is 13.9. The Morgan fingerprint density at radius 2 is 1.46 bits per heavy atom. The summed E-state index contributed by atoms with van der Waals surface area (Å²) in [6, 6.07) is 31.0. The van der Waals surface area contributed by atoms with Gasteiger partial charge in [-0.1, -0.05) is 54.6 Å². The number of hydrogen-bond acceptors (Lipinski definition) is 4. The molecule has 1 aromatic heterocycles. The quantitative estimate of drug-likeness (QED) is 0.478. The number of para-hydroxylation sites is 3. The van der Waals surface area contributed by atoms with E-state index in [1.807, 2.05) is 84.9 Å². The van der Waals surface area contributed by atoms with Gasteiger partial charge in [-0.2, -0.15) is 10.3 Å². The largest absolute Gasteiger partial charge is 0.375 e. The fraction of sp³-hybridized carbons (Fsp3) is 0. The van der Waals surface area contributed by atoms with Gasteiger partial charge in [0, 0.05) is 11.5 Å². The van der Waals surface area contributed by atoms with Crippen LogP contribution in [0.3, 0.4) is 0 Å². The standard InChI is InChI=1S/C22H15N3O/c23-16-17-15-22(20-13-7-8-14-21(20)24-17)25(18-9-3-1-4-10-18)26-19-11-5-2-6-12-19/h1-15H. The molecule has 0 atom stereocenters. The third-order valence-corrected chi connectivity index (χ3v) is 3.96. The predicted molar refractivity (Wildman–Crippen MR) is 102 cm³/mol. The Bertz CT molecular complexity index is 1070. The van der Waals surface area contributed by atoms with Crippen molar-refractivity contribution in [3.05, 3.63) is 96.7 Å².